The summed E-state index contributed by atoms with van der Waals surface area (Å²) in [6.07, 6.45) is 2.81. The lowest BCUT2D eigenvalue weighted by Gasteiger charge is -2.14. The van der Waals surface area contributed by atoms with Crippen molar-refractivity contribution in [2.75, 3.05) is 6.26 Å². The molecule has 0 bridgehead atoms. The maximum Gasteiger partial charge on any atom is 0.163 e. The van der Waals surface area contributed by atoms with Crippen LogP contribution in [-0.2, 0) is 9.84 Å². The van der Waals surface area contributed by atoms with E-state index in [4.69, 9.17) is 5.26 Å². The van der Waals surface area contributed by atoms with E-state index < -0.39 is 15.1 Å². The first kappa shape index (κ1) is 11.4. The lowest BCUT2D eigenvalue weighted by molar-refractivity contribution is 0.514. The molecular weight excluding hydrogens is 174 g/mol. The van der Waals surface area contributed by atoms with Crippen LogP contribution in [-0.4, -0.2) is 19.9 Å². The van der Waals surface area contributed by atoms with Gasteiger partial charge < -0.3 is 0 Å². The minimum absolute atomic E-state index is 0.0602. The Morgan fingerprint density at radius 1 is 1.50 bits per heavy atom. The Morgan fingerprint density at radius 2 is 2.00 bits per heavy atom. The fourth-order valence-corrected chi connectivity index (χ4v) is 2.42. The average molecular weight is 189 g/mol. The third kappa shape index (κ3) is 3.22. The van der Waals surface area contributed by atoms with Gasteiger partial charge >= 0.3 is 0 Å². The maximum absolute atomic E-state index is 11.1. The average Bonchev–Trinajstić information content (AvgIpc) is 1.85. The predicted molar refractivity (Wildman–Crippen MR) is 48.3 cm³/mol. The molecule has 70 valence electrons. The molecule has 2 atom stereocenters. The van der Waals surface area contributed by atoms with Gasteiger partial charge in [0.2, 0.25) is 0 Å². The van der Waals surface area contributed by atoms with Gasteiger partial charge in [0.1, 0.15) is 5.25 Å². The summed E-state index contributed by atoms with van der Waals surface area (Å²) in [5, 5.41) is 7.79. The molecule has 0 saturated carbocycles. The lowest BCUT2D eigenvalue weighted by Crippen LogP contribution is -2.25. The molecule has 0 N–H and O–H groups in total. The minimum Gasteiger partial charge on any atom is -0.228 e. The lowest BCUT2D eigenvalue weighted by atomic mass is 10.0. The second-order valence-electron chi connectivity index (χ2n) is 3.15. The Hall–Kier alpha value is -0.560. The summed E-state index contributed by atoms with van der Waals surface area (Å²) in [5.41, 5.74) is 0. The summed E-state index contributed by atoms with van der Waals surface area (Å²) >= 11 is 0. The van der Waals surface area contributed by atoms with Gasteiger partial charge in [-0.15, -0.1) is 0 Å². The van der Waals surface area contributed by atoms with E-state index in [0.29, 0.717) is 0 Å². The van der Waals surface area contributed by atoms with E-state index in [0.717, 1.165) is 19.1 Å². The predicted octanol–water partition coefficient (Wildman–Crippen LogP) is 1.36. The standard InChI is InChI=1S/C8H15NO2S/c1-4-5-7(2)8(6-9)12(3,10)11/h7-8H,4-5H2,1-3H3. The summed E-state index contributed by atoms with van der Waals surface area (Å²) in [6, 6.07) is 1.84. The Bertz CT molecular complexity index is 263. The zero-order valence-corrected chi connectivity index (χ0v) is 8.56. The molecule has 0 amide bonds. The van der Waals surface area contributed by atoms with E-state index in [9.17, 15) is 8.42 Å². The molecule has 0 aliphatic carbocycles. The van der Waals surface area contributed by atoms with Crippen molar-refractivity contribution in [1.29, 1.82) is 5.26 Å². The Balaban J connectivity index is 4.50. The number of hydrogen-bond donors (Lipinski definition) is 0. The van der Waals surface area contributed by atoms with Crippen LogP contribution in [0.1, 0.15) is 26.7 Å². The first-order chi connectivity index (χ1) is 5.43. The van der Waals surface area contributed by atoms with E-state index in [1.54, 1.807) is 6.92 Å². The van der Waals surface area contributed by atoms with Crippen LogP contribution in [0.25, 0.3) is 0 Å². The summed E-state index contributed by atoms with van der Waals surface area (Å²) in [5.74, 6) is -0.0602. The zero-order chi connectivity index (χ0) is 9.78. The van der Waals surface area contributed by atoms with Crippen molar-refractivity contribution in [3.05, 3.63) is 0 Å². The van der Waals surface area contributed by atoms with Crippen molar-refractivity contribution in [3.8, 4) is 6.07 Å². The van der Waals surface area contributed by atoms with Crippen LogP contribution >= 0.6 is 0 Å². The van der Waals surface area contributed by atoms with Gasteiger partial charge in [0.15, 0.2) is 9.84 Å². The van der Waals surface area contributed by atoms with Crippen LogP contribution in [0.3, 0.4) is 0 Å². The quantitative estimate of drug-likeness (QED) is 0.671. The summed E-state index contributed by atoms with van der Waals surface area (Å²) in [6.45, 7) is 3.78. The number of nitriles is 1. The number of hydrogen-bond acceptors (Lipinski definition) is 3. The largest absolute Gasteiger partial charge is 0.228 e. The molecule has 0 aromatic heterocycles. The highest BCUT2D eigenvalue weighted by Gasteiger charge is 2.25. The van der Waals surface area contributed by atoms with Crippen molar-refractivity contribution in [2.24, 2.45) is 5.92 Å². The highest BCUT2D eigenvalue weighted by atomic mass is 32.2. The van der Waals surface area contributed by atoms with E-state index >= 15 is 0 Å². The van der Waals surface area contributed by atoms with Gasteiger partial charge in [-0.05, 0) is 12.3 Å². The molecule has 2 unspecified atom stereocenters. The Kier molecular flexibility index (Phi) is 4.25. The van der Waals surface area contributed by atoms with Crippen molar-refractivity contribution in [3.63, 3.8) is 0 Å². The Labute approximate surface area is 74.3 Å². The van der Waals surface area contributed by atoms with Crippen LogP contribution in [0.2, 0.25) is 0 Å². The third-order valence-corrected chi connectivity index (χ3v) is 3.34. The van der Waals surface area contributed by atoms with E-state index in [2.05, 4.69) is 0 Å². The van der Waals surface area contributed by atoms with Crippen LogP contribution in [0.5, 0.6) is 0 Å². The highest BCUT2D eigenvalue weighted by Crippen LogP contribution is 2.16. The monoisotopic (exact) mass is 189 g/mol. The summed E-state index contributed by atoms with van der Waals surface area (Å²) < 4.78 is 22.1. The number of nitrogens with zero attached hydrogens (tertiary/aromatic N) is 1. The molecule has 0 aromatic carbocycles. The van der Waals surface area contributed by atoms with Gasteiger partial charge in [0.25, 0.3) is 0 Å². The molecule has 0 heterocycles. The van der Waals surface area contributed by atoms with Crippen LogP contribution in [0, 0.1) is 17.2 Å². The molecule has 0 aromatic rings. The topological polar surface area (TPSA) is 57.9 Å². The van der Waals surface area contributed by atoms with Gasteiger partial charge in [-0.25, -0.2) is 8.42 Å². The zero-order valence-electron chi connectivity index (χ0n) is 7.74. The number of rotatable bonds is 4. The van der Waals surface area contributed by atoms with Gasteiger partial charge in [0, 0.05) is 6.26 Å². The molecule has 0 fully saturated rings. The van der Waals surface area contributed by atoms with E-state index in [-0.39, 0.29) is 5.92 Å². The molecular formula is C8H15NO2S. The van der Waals surface area contributed by atoms with Gasteiger partial charge in [-0.1, -0.05) is 20.3 Å². The third-order valence-electron chi connectivity index (χ3n) is 1.85. The Morgan fingerprint density at radius 3 is 2.25 bits per heavy atom. The minimum atomic E-state index is -3.20. The fraction of sp³-hybridized carbons (Fsp3) is 0.875. The first-order valence-electron chi connectivity index (χ1n) is 4.02. The molecule has 3 nitrogen and oxygen atoms in total. The maximum atomic E-state index is 11.1. The number of sulfone groups is 1. The second kappa shape index (κ2) is 4.46. The molecule has 0 saturated heterocycles. The van der Waals surface area contributed by atoms with Crippen molar-refractivity contribution in [2.45, 2.75) is 31.9 Å². The molecule has 12 heavy (non-hydrogen) atoms. The van der Waals surface area contributed by atoms with Gasteiger partial charge in [0.05, 0.1) is 6.07 Å². The van der Waals surface area contributed by atoms with E-state index in [1.165, 1.54) is 0 Å². The van der Waals surface area contributed by atoms with Crippen molar-refractivity contribution >= 4 is 9.84 Å². The molecule has 0 spiro atoms. The second-order valence-corrected chi connectivity index (χ2v) is 5.31. The van der Waals surface area contributed by atoms with Gasteiger partial charge in [-0.2, -0.15) is 5.26 Å². The molecule has 4 heteroatoms. The van der Waals surface area contributed by atoms with Crippen LogP contribution in [0.15, 0.2) is 0 Å². The van der Waals surface area contributed by atoms with Crippen LogP contribution in [0.4, 0.5) is 0 Å². The van der Waals surface area contributed by atoms with Crippen molar-refractivity contribution < 1.29 is 8.42 Å². The SMILES string of the molecule is CCCC(C)C(C#N)S(C)(=O)=O. The fourth-order valence-electron chi connectivity index (χ4n) is 1.25. The molecule has 0 aliphatic heterocycles. The van der Waals surface area contributed by atoms with Crippen molar-refractivity contribution in [1.82, 2.24) is 0 Å². The first-order valence-corrected chi connectivity index (χ1v) is 5.97. The summed E-state index contributed by atoms with van der Waals surface area (Å²) in [4.78, 5) is 0. The molecule has 0 radical (unpaired) electrons. The smallest absolute Gasteiger partial charge is 0.163 e. The molecule has 0 rings (SSSR count). The van der Waals surface area contributed by atoms with E-state index in [1.807, 2.05) is 13.0 Å². The highest BCUT2D eigenvalue weighted by molar-refractivity contribution is 7.91. The normalized spacial score (nSPS) is 16.5. The van der Waals surface area contributed by atoms with Crippen LogP contribution < -0.4 is 0 Å². The van der Waals surface area contributed by atoms with Gasteiger partial charge in [-0.3, -0.25) is 0 Å². The summed E-state index contributed by atoms with van der Waals surface area (Å²) in [7, 11) is -3.20. The molecule has 0 aliphatic rings.